The molecule has 0 amide bonds. The van der Waals surface area contributed by atoms with E-state index in [1.54, 1.807) is 6.07 Å². The lowest BCUT2D eigenvalue weighted by Gasteiger charge is -2.24. The first kappa shape index (κ1) is 11.1. The molecule has 0 spiro atoms. The van der Waals surface area contributed by atoms with Gasteiger partial charge in [0, 0.05) is 11.5 Å². The Morgan fingerprint density at radius 1 is 1.25 bits per heavy atom. The molecule has 3 heteroatoms. The number of rotatable bonds is 1. The Hall–Kier alpha value is -1.35. The van der Waals surface area contributed by atoms with Crippen LogP contribution in [0.2, 0.25) is 0 Å². The van der Waals surface area contributed by atoms with Gasteiger partial charge in [-0.1, -0.05) is 20.8 Å². The second-order valence-corrected chi connectivity index (χ2v) is 5.17. The molecular weight excluding hydrogens is 205 g/mol. The largest absolute Gasteiger partial charge is 0.459 e. The highest BCUT2D eigenvalue weighted by molar-refractivity contribution is 5.78. The summed E-state index contributed by atoms with van der Waals surface area (Å²) in [5, 5.41) is 0.885. The van der Waals surface area contributed by atoms with Crippen LogP contribution in [0.3, 0.4) is 0 Å². The van der Waals surface area contributed by atoms with Crippen LogP contribution in [0.5, 0.6) is 0 Å². The highest BCUT2D eigenvalue weighted by Gasteiger charge is 2.25. The van der Waals surface area contributed by atoms with Crippen molar-refractivity contribution in [2.45, 2.75) is 26.8 Å². The third-order valence-electron chi connectivity index (χ3n) is 2.74. The van der Waals surface area contributed by atoms with Crippen molar-refractivity contribution in [2.24, 2.45) is 11.1 Å². The maximum Gasteiger partial charge on any atom is 0.137 e. The van der Waals surface area contributed by atoms with E-state index in [9.17, 15) is 4.39 Å². The minimum Gasteiger partial charge on any atom is -0.459 e. The molecule has 0 aliphatic rings. The predicted molar refractivity (Wildman–Crippen MR) is 62.6 cm³/mol. The molecule has 16 heavy (non-hydrogen) atoms. The zero-order valence-electron chi connectivity index (χ0n) is 9.75. The lowest BCUT2D eigenvalue weighted by molar-refractivity contribution is 0.290. The zero-order valence-corrected chi connectivity index (χ0v) is 9.75. The Morgan fingerprint density at radius 3 is 2.56 bits per heavy atom. The van der Waals surface area contributed by atoms with Gasteiger partial charge in [-0.25, -0.2) is 4.39 Å². The normalized spacial score (nSPS) is 14.3. The van der Waals surface area contributed by atoms with Crippen LogP contribution in [0.15, 0.2) is 28.7 Å². The van der Waals surface area contributed by atoms with E-state index in [4.69, 9.17) is 10.2 Å². The van der Waals surface area contributed by atoms with Gasteiger partial charge in [-0.05, 0) is 23.6 Å². The quantitative estimate of drug-likeness (QED) is 0.798. The summed E-state index contributed by atoms with van der Waals surface area (Å²) >= 11 is 0. The second-order valence-electron chi connectivity index (χ2n) is 5.17. The van der Waals surface area contributed by atoms with Gasteiger partial charge >= 0.3 is 0 Å². The average molecular weight is 221 g/mol. The van der Waals surface area contributed by atoms with Crippen LogP contribution in [0, 0.1) is 11.2 Å². The van der Waals surface area contributed by atoms with Crippen LogP contribution in [-0.4, -0.2) is 0 Å². The molecule has 0 fully saturated rings. The summed E-state index contributed by atoms with van der Waals surface area (Å²) in [6.45, 7) is 6.14. The first-order valence-electron chi connectivity index (χ1n) is 5.32. The highest BCUT2D eigenvalue weighted by Crippen LogP contribution is 2.33. The molecule has 0 aliphatic carbocycles. The Kier molecular flexibility index (Phi) is 2.50. The van der Waals surface area contributed by atoms with Crippen LogP contribution in [0.25, 0.3) is 11.0 Å². The molecule has 0 aliphatic heterocycles. The summed E-state index contributed by atoms with van der Waals surface area (Å²) in [5.74, 6) is 0.408. The summed E-state index contributed by atoms with van der Waals surface area (Å²) in [4.78, 5) is 0. The Bertz CT molecular complexity index is 510. The number of halogens is 1. The van der Waals surface area contributed by atoms with Crippen molar-refractivity contribution in [1.29, 1.82) is 0 Å². The zero-order chi connectivity index (χ0) is 11.9. The molecule has 1 aromatic carbocycles. The second kappa shape index (κ2) is 3.59. The van der Waals surface area contributed by atoms with E-state index in [-0.39, 0.29) is 17.3 Å². The van der Waals surface area contributed by atoms with E-state index in [1.165, 1.54) is 12.1 Å². The molecular formula is C13H16FNO. The molecule has 2 nitrogen and oxygen atoms in total. The molecule has 0 radical (unpaired) electrons. The molecule has 2 aromatic rings. The fourth-order valence-electron chi connectivity index (χ4n) is 1.61. The molecule has 1 aromatic heterocycles. The minimum atomic E-state index is -0.294. The fourth-order valence-corrected chi connectivity index (χ4v) is 1.61. The first-order chi connectivity index (χ1) is 7.38. The first-order valence-corrected chi connectivity index (χ1v) is 5.32. The van der Waals surface area contributed by atoms with Crippen molar-refractivity contribution in [1.82, 2.24) is 0 Å². The lowest BCUT2D eigenvalue weighted by Crippen LogP contribution is -2.25. The summed E-state index contributed by atoms with van der Waals surface area (Å²) in [6.07, 6.45) is 0. The van der Waals surface area contributed by atoms with Crippen LogP contribution in [0.4, 0.5) is 4.39 Å². The van der Waals surface area contributed by atoms with Gasteiger partial charge in [-0.15, -0.1) is 0 Å². The van der Waals surface area contributed by atoms with E-state index < -0.39 is 0 Å². The predicted octanol–water partition coefficient (Wildman–Crippen LogP) is 3.62. The van der Waals surface area contributed by atoms with Crippen molar-refractivity contribution in [3.8, 4) is 0 Å². The van der Waals surface area contributed by atoms with Crippen molar-refractivity contribution in [3.05, 3.63) is 35.8 Å². The molecule has 1 heterocycles. The van der Waals surface area contributed by atoms with Gasteiger partial charge in [0.05, 0.1) is 6.04 Å². The molecule has 0 saturated heterocycles. The van der Waals surface area contributed by atoms with Crippen LogP contribution >= 0.6 is 0 Å². The number of hydrogen-bond donors (Lipinski definition) is 1. The molecule has 0 unspecified atom stereocenters. The highest BCUT2D eigenvalue weighted by atomic mass is 19.1. The van der Waals surface area contributed by atoms with Gasteiger partial charge in [0.15, 0.2) is 0 Å². The van der Waals surface area contributed by atoms with E-state index in [0.29, 0.717) is 11.3 Å². The van der Waals surface area contributed by atoms with Crippen LogP contribution < -0.4 is 5.73 Å². The number of furan rings is 1. The van der Waals surface area contributed by atoms with Crippen molar-refractivity contribution < 1.29 is 8.81 Å². The van der Waals surface area contributed by atoms with Gasteiger partial charge in [0.2, 0.25) is 0 Å². The number of nitrogens with two attached hydrogens (primary N) is 1. The fraction of sp³-hybridized carbons (Fsp3) is 0.385. The van der Waals surface area contributed by atoms with Crippen molar-refractivity contribution in [3.63, 3.8) is 0 Å². The minimum absolute atomic E-state index is 0.0770. The van der Waals surface area contributed by atoms with Crippen molar-refractivity contribution in [2.75, 3.05) is 0 Å². The average Bonchev–Trinajstić information content (AvgIpc) is 2.57. The van der Waals surface area contributed by atoms with E-state index in [0.717, 1.165) is 5.39 Å². The van der Waals surface area contributed by atoms with Gasteiger partial charge in [-0.3, -0.25) is 0 Å². The van der Waals surface area contributed by atoms with Gasteiger partial charge in [-0.2, -0.15) is 0 Å². The van der Waals surface area contributed by atoms with Crippen LogP contribution in [-0.2, 0) is 0 Å². The maximum atomic E-state index is 13.0. The van der Waals surface area contributed by atoms with E-state index in [2.05, 4.69) is 0 Å². The molecule has 2 rings (SSSR count). The molecule has 0 saturated carbocycles. The number of benzene rings is 1. The summed E-state index contributed by atoms with van der Waals surface area (Å²) in [5.41, 5.74) is 6.56. The smallest absolute Gasteiger partial charge is 0.137 e. The third kappa shape index (κ3) is 1.95. The lowest BCUT2D eigenvalue weighted by atomic mass is 9.86. The van der Waals surface area contributed by atoms with Gasteiger partial charge in [0.1, 0.15) is 17.2 Å². The van der Waals surface area contributed by atoms with Crippen molar-refractivity contribution >= 4 is 11.0 Å². The Morgan fingerprint density at radius 2 is 1.94 bits per heavy atom. The Balaban J connectivity index is 2.47. The monoisotopic (exact) mass is 221 g/mol. The topological polar surface area (TPSA) is 39.2 Å². The third-order valence-corrected chi connectivity index (χ3v) is 2.74. The molecule has 0 bridgehead atoms. The molecule has 1 atom stereocenters. The number of fused-ring (bicyclic) bond motifs is 1. The van der Waals surface area contributed by atoms with E-state index in [1.807, 2.05) is 26.8 Å². The van der Waals surface area contributed by atoms with Crippen LogP contribution in [0.1, 0.15) is 32.6 Å². The molecule has 86 valence electrons. The SMILES string of the molecule is CC(C)(C)[C@H](N)c1cc2ccc(F)cc2o1. The maximum absolute atomic E-state index is 13.0. The molecule has 2 N–H and O–H groups in total. The summed E-state index contributed by atoms with van der Waals surface area (Å²) < 4.78 is 18.6. The Labute approximate surface area is 94.2 Å². The summed E-state index contributed by atoms with van der Waals surface area (Å²) in [7, 11) is 0. The van der Waals surface area contributed by atoms with E-state index >= 15 is 0 Å². The number of hydrogen-bond acceptors (Lipinski definition) is 2. The van der Waals surface area contributed by atoms with Gasteiger partial charge in [0.25, 0.3) is 0 Å². The van der Waals surface area contributed by atoms with Gasteiger partial charge < -0.3 is 10.2 Å². The standard InChI is InChI=1S/C13H16FNO/c1-13(2,3)12(15)11-6-8-4-5-9(14)7-10(8)16-11/h4-7,12H,15H2,1-3H3/t12-/m1/s1. The summed E-state index contributed by atoms with van der Waals surface area (Å²) in [6, 6.07) is 6.19.